The number of fused-ring (bicyclic) bond motifs is 1. The largest absolute Gasteiger partial charge is 0.392 e. The molecule has 1 heterocycles. The van der Waals surface area contributed by atoms with E-state index in [1.165, 1.54) is 17.5 Å². The predicted octanol–water partition coefficient (Wildman–Crippen LogP) is 1.21. The number of benzene rings is 1. The summed E-state index contributed by atoms with van der Waals surface area (Å²) in [6, 6.07) is 6.26. The van der Waals surface area contributed by atoms with Gasteiger partial charge in [0.15, 0.2) is 0 Å². The van der Waals surface area contributed by atoms with Gasteiger partial charge in [-0.1, -0.05) is 18.2 Å². The lowest BCUT2D eigenvalue weighted by Crippen LogP contribution is -2.11. The second kappa shape index (κ2) is 3.90. The Morgan fingerprint density at radius 2 is 2.23 bits per heavy atom. The molecule has 1 aromatic carbocycles. The normalized spacial score (nSPS) is 16.4. The molecule has 0 aliphatic carbocycles. The summed E-state index contributed by atoms with van der Waals surface area (Å²) in [6.07, 6.45) is 2.33. The molecule has 2 nitrogen and oxygen atoms in total. The second-order valence-electron chi connectivity index (χ2n) is 3.54. The molecule has 1 aliphatic heterocycles. The summed E-state index contributed by atoms with van der Waals surface area (Å²) in [5.74, 6) is 0. The van der Waals surface area contributed by atoms with Crippen molar-refractivity contribution in [2.24, 2.45) is 0 Å². The first kappa shape index (κ1) is 8.73. The van der Waals surface area contributed by atoms with E-state index in [0.29, 0.717) is 0 Å². The Morgan fingerprint density at radius 3 is 3.08 bits per heavy atom. The molecule has 2 rings (SSSR count). The van der Waals surface area contributed by atoms with Crippen molar-refractivity contribution in [2.45, 2.75) is 26.0 Å². The van der Waals surface area contributed by atoms with Gasteiger partial charge in [-0.15, -0.1) is 0 Å². The quantitative estimate of drug-likeness (QED) is 0.676. The van der Waals surface area contributed by atoms with E-state index >= 15 is 0 Å². The number of rotatable bonds is 1. The van der Waals surface area contributed by atoms with Crippen LogP contribution >= 0.6 is 0 Å². The molecular weight excluding hydrogens is 162 g/mol. The topological polar surface area (TPSA) is 32.3 Å². The van der Waals surface area contributed by atoms with Gasteiger partial charge in [0, 0.05) is 6.54 Å². The molecule has 0 bridgehead atoms. The number of aliphatic hydroxyl groups is 1. The molecular formula is C11H15NO. The van der Waals surface area contributed by atoms with Gasteiger partial charge in [0.2, 0.25) is 0 Å². The van der Waals surface area contributed by atoms with Crippen LogP contribution in [0.5, 0.6) is 0 Å². The van der Waals surface area contributed by atoms with Crippen LogP contribution in [-0.2, 0) is 19.6 Å². The summed E-state index contributed by atoms with van der Waals surface area (Å²) in [4.78, 5) is 0. The molecule has 70 valence electrons. The van der Waals surface area contributed by atoms with Gasteiger partial charge in [0.25, 0.3) is 0 Å². The lowest BCUT2D eigenvalue weighted by Gasteiger charge is -2.06. The van der Waals surface area contributed by atoms with E-state index in [1.807, 2.05) is 6.07 Å². The van der Waals surface area contributed by atoms with Crippen molar-refractivity contribution in [1.82, 2.24) is 5.32 Å². The summed E-state index contributed by atoms with van der Waals surface area (Å²) in [6.45, 7) is 2.23. The zero-order valence-electron chi connectivity index (χ0n) is 7.71. The fraction of sp³-hybridized carbons (Fsp3) is 0.455. The Balaban J connectivity index is 2.32. The third-order valence-electron chi connectivity index (χ3n) is 2.57. The van der Waals surface area contributed by atoms with Crippen molar-refractivity contribution in [2.75, 3.05) is 6.54 Å². The molecule has 13 heavy (non-hydrogen) atoms. The molecule has 1 aliphatic rings. The number of aryl methyl sites for hydroxylation is 1. The fourth-order valence-corrected chi connectivity index (χ4v) is 1.81. The molecule has 0 radical (unpaired) electrons. The Hall–Kier alpha value is -0.860. The Labute approximate surface area is 78.6 Å². The summed E-state index contributed by atoms with van der Waals surface area (Å²) < 4.78 is 0. The average molecular weight is 177 g/mol. The summed E-state index contributed by atoms with van der Waals surface area (Å²) in [5.41, 5.74) is 3.81. The standard InChI is InChI=1S/C11H15NO/c13-8-9-3-4-11-7-12-5-1-2-10(11)6-9/h3-4,6,12-13H,1-2,5,7-8H2. The van der Waals surface area contributed by atoms with Crippen molar-refractivity contribution in [3.8, 4) is 0 Å². The van der Waals surface area contributed by atoms with Gasteiger partial charge in [-0.05, 0) is 36.1 Å². The van der Waals surface area contributed by atoms with E-state index < -0.39 is 0 Å². The van der Waals surface area contributed by atoms with Crippen LogP contribution in [0, 0.1) is 0 Å². The highest BCUT2D eigenvalue weighted by Gasteiger charge is 2.06. The molecule has 2 N–H and O–H groups in total. The lowest BCUT2D eigenvalue weighted by molar-refractivity contribution is 0.281. The van der Waals surface area contributed by atoms with Crippen molar-refractivity contribution >= 4 is 0 Å². The monoisotopic (exact) mass is 177 g/mol. The maximum absolute atomic E-state index is 8.99. The van der Waals surface area contributed by atoms with Crippen LogP contribution in [0.2, 0.25) is 0 Å². The molecule has 0 saturated carbocycles. The van der Waals surface area contributed by atoms with Crippen LogP contribution in [0.1, 0.15) is 23.1 Å². The summed E-state index contributed by atoms with van der Waals surface area (Å²) in [5, 5.41) is 12.4. The summed E-state index contributed by atoms with van der Waals surface area (Å²) in [7, 11) is 0. The van der Waals surface area contributed by atoms with Gasteiger partial charge < -0.3 is 10.4 Å². The van der Waals surface area contributed by atoms with Crippen molar-refractivity contribution in [1.29, 1.82) is 0 Å². The Kier molecular flexibility index (Phi) is 2.62. The second-order valence-corrected chi connectivity index (χ2v) is 3.54. The third kappa shape index (κ3) is 1.90. The minimum Gasteiger partial charge on any atom is -0.392 e. The van der Waals surface area contributed by atoms with Gasteiger partial charge in [-0.25, -0.2) is 0 Å². The smallest absolute Gasteiger partial charge is 0.0681 e. The molecule has 0 amide bonds. The van der Waals surface area contributed by atoms with E-state index in [9.17, 15) is 0 Å². The van der Waals surface area contributed by atoms with Crippen molar-refractivity contribution in [3.63, 3.8) is 0 Å². The predicted molar refractivity (Wildman–Crippen MR) is 52.4 cm³/mol. The van der Waals surface area contributed by atoms with Crippen molar-refractivity contribution < 1.29 is 5.11 Å². The molecule has 2 heteroatoms. The van der Waals surface area contributed by atoms with E-state index in [1.54, 1.807) is 0 Å². The maximum atomic E-state index is 8.99. The highest BCUT2D eigenvalue weighted by Crippen LogP contribution is 2.16. The fourth-order valence-electron chi connectivity index (χ4n) is 1.81. The van der Waals surface area contributed by atoms with Gasteiger partial charge >= 0.3 is 0 Å². The van der Waals surface area contributed by atoms with E-state index in [-0.39, 0.29) is 6.61 Å². The van der Waals surface area contributed by atoms with Gasteiger partial charge in [-0.3, -0.25) is 0 Å². The highest BCUT2D eigenvalue weighted by atomic mass is 16.3. The molecule has 1 aromatic rings. The maximum Gasteiger partial charge on any atom is 0.0681 e. The average Bonchev–Trinajstić information content (AvgIpc) is 2.41. The SMILES string of the molecule is OCc1ccc2c(c1)CCCNC2. The first-order valence-corrected chi connectivity index (χ1v) is 4.82. The van der Waals surface area contributed by atoms with Gasteiger partial charge in [0.05, 0.1) is 6.61 Å². The zero-order valence-corrected chi connectivity index (χ0v) is 7.71. The Morgan fingerprint density at radius 1 is 1.31 bits per heavy atom. The van der Waals surface area contributed by atoms with Crippen LogP contribution in [0.4, 0.5) is 0 Å². The van der Waals surface area contributed by atoms with Crippen LogP contribution in [0.25, 0.3) is 0 Å². The first-order valence-electron chi connectivity index (χ1n) is 4.82. The molecule has 0 saturated heterocycles. The minimum absolute atomic E-state index is 0.153. The number of hydrogen-bond acceptors (Lipinski definition) is 2. The van der Waals surface area contributed by atoms with Crippen LogP contribution < -0.4 is 5.32 Å². The van der Waals surface area contributed by atoms with Gasteiger partial charge in [0.1, 0.15) is 0 Å². The molecule has 0 fully saturated rings. The zero-order chi connectivity index (χ0) is 9.10. The molecule has 0 aromatic heterocycles. The van der Waals surface area contributed by atoms with E-state index in [2.05, 4.69) is 17.4 Å². The number of nitrogens with one attached hydrogen (secondary N) is 1. The minimum atomic E-state index is 0.153. The molecule has 0 spiro atoms. The molecule has 0 unspecified atom stereocenters. The summed E-state index contributed by atoms with van der Waals surface area (Å²) >= 11 is 0. The number of aliphatic hydroxyl groups excluding tert-OH is 1. The Bertz CT molecular complexity index is 296. The number of hydrogen-bond donors (Lipinski definition) is 2. The first-order chi connectivity index (χ1) is 6.40. The van der Waals surface area contributed by atoms with Crippen LogP contribution in [-0.4, -0.2) is 11.7 Å². The molecule has 0 atom stereocenters. The third-order valence-corrected chi connectivity index (χ3v) is 2.57. The van der Waals surface area contributed by atoms with Gasteiger partial charge in [-0.2, -0.15) is 0 Å². The lowest BCUT2D eigenvalue weighted by atomic mass is 10.0. The van der Waals surface area contributed by atoms with Crippen LogP contribution in [0.3, 0.4) is 0 Å². The van der Waals surface area contributed by atoms with E-state index in [4.69, 9.17) is 5.11 Å². The van der Waals surface area contributed by atoms with Crippen LogP contribution in [0.15, 0.2) is 18.2 Å². The van der Waals surface area contributed by atoms with E-state index in [0.717, 1.165) is 25.1 Å². The highest BCUT2D eigenvalue weighted by molar-refractivity contribution is 5.32. The van der Waals surface area contributed by atoms with Crippen molar-refractivity contribution in [3.05, 3.63) is 34.9 Å².